The predicted molar refractivity (Wildman–Crippen MR) is 84.6 cm³/mol. The third-order valence-corrected chi connectivity index (χ3v) is 3.31. The maximum atomic E-state index is 10.9. The highest BCUT2D eigenvalue weighted by Gasteiger charge is 2.07. The van der Waals surface area contributed by atoms with Gasteiger partial charge in [0.15, 0.2) is 0 Å². The third-order valence-electron chi connectivity index (χ3n) is 3.01. The van der Waals surface area contributed by atoms with Gasteiger partial charge < -0.3 is 10.1 Å². The van der Waals surface area contributed by atoms with Crippen molar-refractivity contribution in [3.8, 4) is 5.75 Å². The Hall–Kier alpha value is -1.74. The second-order valence-corrected chi connectivity index (χ2v) is 4.77. The van der Waals surface area contributed by atoms with E-state index in [-0.39, 0.29) is 13.3 Å². The van der Waals surface area contributed by atoms with Crippen molar-refractivity contribution >= 4 is 28.3 Å². The van der Waals surface area contributed by atoms with Crippen LogP contribution in [0.1, 0.15) is 19.9 Å². The minimum absolute atomic E-state index is 0. The zero-order chi connectivity index (χ0) is 13.8. The molecule has 4 heteroatoms. The second kappa shape index (κ2) is 7.15. The molecule has 20 heavy (non-hydrogen) atoms. The molecule has 0 aliphatic heterocycles. The molecule has 0 atom stereocenters. The van der Waals surface area contributed by atoms with Crippen LogP contribution >= 0.6 is 11.6 Å². The Morgan fingerprint density at radius 1 is 1.35 bits per heavy atom. The molecule has 0 saturated carbocycles. The number of ether oxygens (including phenoxy) is 1. The highest BCUT2D eigenvalue weighted by atomic mass is 35.5. The van der Waals surface area contributed by atoms with Crippen LogP contribution in [0.4, 0.5) is 0 Å². The zero-order valence-corrected chi connectivity index (χ0v) is 11.8. The Kier molecular flexibility index (Phi) is 5.83. The summed E-state index contributed by atoms with van der Waals surface area (Å²) in [6, 6.07) is 9.91. The highest BCUT2D eigenvalue weighted by molar-refractivity contribution is 6.32. The smallest absolute Gasteiger partial charge is 0.216 e. The molecule has 108 valence electrons. The second-order valence-electron chi connectivity index (χ2n) is 4.36. The van der Waals surface area contributed by atoms with Crippen LogP contribution in [0.15, 0.2) is 30.3 Å². The van der Waals surface area contributed by atoms with Crippen LogP contribution in [0, 0.1) is 0 Å². The zero-order valence-electron chi connectivity index (χ0n) is 11.0. The summed E-state index contributed by atoms with van der Waals surface area (Å²) in [7, 11) is 1.60. The van der Waals surface area contributed by atoms with Crippen molar-refractivity contribution in [2.24, 2.45) is 0 Å². The summed E-state index contributed by atoms with van der Waals surface area (Å²) in [6.07, 6.45) is 0.779. The van der Waals surface area contributed by atoms with Crippen molar-refractivity contribution in [3.05, 3.63) is 40.9 Å². The monoisotopic (exact) mass is 293 g/mol. The lowest BCUT2D eigenvalue weighted by molar-refractivity contribution is -0.118. The number of hydrogen-bond donors (Lipinski definition) is 1. The van der Waals surface area contributed by atoms with Gasteiger partial charge in [0.05, 0.1) is 12.1 Å². The first-order chi connectivity index (χ1) is 9.11. The summed E-state index contributed by atoms with van der Waals surface area (Å²) >= 11 is 6.12. The number of rotatable bonds is 4. The number of methoxy groups -OCH3 is 1. The first kappa shape index (κ1) is 16.3. The first-order valence-electron chi connectivity index (χ1n) is 6.11. The SMILES string of the molecule is C.COc1cc2c(CCNC(C)=O)cccc2cc1Cl. The lowest BCUT2D eigenvalue weighted by atomic mass is 10.0. The number of carbonyl (C=O) groups excluding carboxylic acids is 1. The molecule has 2 aromatic rings. The largest absolute Gasteiger partial charge is 0.495 e. The van der Waals surface area contributed by atoms with Gasteiger partial charge in [0, 0.05) is 13.5 Å². The summed E-state index contributed by atoms with van der Waals surface area (Å²) in [4.78, 5) is 10.9. The van der Waals surface area contributed by atoms with Gasteiger partial charge in [0.1, 0.15) is 5.75 Å². The third kappa shape index (κ3) is 3.64. The van der Waals surface area contributed by atoms with E-state index in [0.29, 0.717) is 17.3 Å². The van der Waals surface area contributed by atoms with Gasteiger partial charge >= 0.3 is 0 Å². The van der Waals surface area contributed by atoms with Crippen LogP contribution in [0.5, 0.6) is 5.75 Å². The molecule has 0 aromatic heterocycles. The number of halogens is 1. The number of nitrogens with one attached hydrogen (secondary N) is 1. The van der Waals surface area contributed by atoms with Crippen molar-refractivity contribution in [3.63, 3.8) is 0 Å². The quantitative estimate of drug-likeness (QED) is 0.931. The van der Waals surface area contributed by atoms with Crippen molar-refractivity contribution in [2.45, 2.75) is 20.8 Å². The molecule has 1 amide bonds. The molecular formula is C16H20ClNO2. The lowest BCUT2D eigenvalue weighted by Crippen LogP contribution is -2.22. The van der Waals surface area contributed by atoms with Crippen molar-refractivity contribution in [1.29, 1.82) is 0 Å². The maximum absolute atomic E-state index is 10.9. The molecule has 0 aliphatic carbocycles. The molecule has 0 spiro atoms. The normalized spacial score (nSPS) is 9.95. The Balaban J connectivity index is 0.00000200. The summed E-state index contributed by atoms with van der Waals surface area (Å²) in [6.45, 7) is 2.14. The Bertz CT molecular complexity index is 611. The molecule has 0 fully saturated rings. The average Bonchev–Trinajstić information content (AvgIpc) is 2.37. The molecule has 2 rings (SSSR count). The number of carbonyl (C=O) groups is 1. The summed E-state index contributed by atoms with van der Waals surface area (Å²) in [5.74, 6) is 0.655. The van der Waals surface area contributed by atoms with E-state index in [1.165, 1.54) is 12.5 Å². The average molecular weight is 294 g/mol. The fourth-order valence-electron chi connectivity index (χ4n) is 2.09. The van der Waals surface area contributed by atoms with Gasteiger partial charge in [-0.1, -0.05) is 37.2 Å². The fraction of sp³-hybridized carbons (Fsp3) is 0.312. The first-order valence-corrected chi connectivity index (χ1v) is 6.49. The molecule has 0 radical (unpaired) electrons. The molecule has 2 aromatic carbocycles. The van der Waals surface area contributed by atoms with E-state index >= 15 is 0 Å². The van der Waals surface area contributed by atoms with E-state index in [1.807, 2.05) is 24.3 Å². The van der Waals surface area contributed by atoms with Crippen LogP contribution < -0.4 is 10.1 Å². The van der Waals surface area contributed by atoms with Gasteiger partial charge in [0.25, 0.3) is 0 Å². The van der Waals surface area contributed by atoms with Gasteiger partial charge in [-0.3, -0.25) is 4.79 Å². The Labute approximate surface area is 124 Å². The summed E-state index contributed by atoms with van der Waals surface area (Å²) < 4.78 is 5.25. The van der Waals surface area contributed by atoms with Gasteiger partial charge in [-0.05, 0) is 34.9 Å². The van der Waals surface area contributed by atoms with Crippen LogP contribution in [-0.4, -0.2) is 19.6 Å². The fourth-order valence-corrected chi connectivity index (χ4v) is 2.34. The van der Waals surface area contributed by atoms with Crippen LogP contribution in [-0.2, 0) is 11.2 Å². The Morgan fingerprint density at radius 2 is 2.10 bits per heavy atom. The summed E-state index contributed by atoms with van der Waals surface area (Å²) in [5, 5.41) is 5.59. The van der Waals surface area contributed by atoms with Gasteiger partial charge in [-0.15, -0.1) is 0 Å². The number of hydrogen-bond acceptors (Lipinski definition) is 2. The molecule has 0 heterocycles. The van der Waals surface area contributed by atoms with E-state index < -0.39 is 0 Å². The topological polar surface area (TPSA) is 38.3 Å². The van der Waals surface area contributed by atoms with Gasteiger partial charge in [-0.2, -0.15) is 0 Å². The van der Waals surface area contributed by atoms with Crippen molar-refractivity contribution in [1.82, 2.24) is 5.32 Å². The minimum atomic E-state index is -0.0131. The Morgan fingerprint density at radius 3 is 2.75 bits per heavy atom. The summed E-state index contributed by atoms with van der Waals surface area (Å²) in [5.41, 5.74) is 1.17. The van der Waals surface area contributed by atoms with Gasteiger partial charge in [-0.25, -0.2) is 0 Å². The number of benzene rings is 2. The van der Waals surface area contributed by atoms with E-state index in [1.54, 1.807) is 7.11 Å². The van der Waals surface area contributed by atoms with E-state index in [4.69, 9.17) is 16.3 Å². The standard InChI is InChI=1S/C15H16ClNO2.CH4/c1-10(18)17-7-6-11-4-3-5-12-8-14(16)15(19-2)9-13(11)12;/h3-5,8-9H,6-7H2,1-2H3,(H,17,18);1H4. The minimum Gasteiger partial charge on any atom is -0.495 e. The molecule has 0 unspecified atom stereocenters. The van der Waals surface area contributed by atoms with Gasteiger partial charge in [0.2, 0.25) is 5.91 Å². The molecular weight excluding hydrogens is 274 g/mol. The van der Waals surface area contributed by atoms with Crippen LogP contribution in [0.25, 0.3) is 10.8 Å². The lowest BCUT2D eigenvalue weighted by Gasteiger charge is -2.10. The molecule has 0 bridgehead atoms. The number of amides is 1. The molecule has 0 saturated heterocycles. The van der Waals surface area contributed by atoms with Crippen molar-refractivity contribution < 1.29 is 9.53 Å². The number of fused-ring (bicyclic) bond motifs is 1. The highest BCUT2D eigenvalue weighted by Crippen LogP contribution is 2.31. The van der Waals surface area contributed by atoms with Crippen LogP contribution in [0.3, 0.4) is 0 Å². The van der Waals surface area contributed by atoms with Crippen molar-refractivity contribution in [2.75, 3.05) is 13.7 Å². The maximum Gasteiger partial charge on any atom is 0.216 e. The molecule has 1 N–H and O–H groups in total. The molecule has 0 aliphatic rings. The van der Waals surface area contributed by atoms with Crippen LogP contribution in [0.2, 0.25) is 5.02 Å². The van der Waals surface area contributed by atoms with E-state index in [9.17, 15) is 4.79 Å². The molecule has 3 nitrogen and oxygen atoms in total. The van der Waals surface area contributed by atoms with E-state index in [2.05, 4.69) is 11.4 Å². The predicted octanol–water partition coefficient (Wildman–Crippen LogP) is 3.82. The van der Waals surface area contributed by atoms with E-state index in [0.717, 1.165) is 17.2 Å².